The van der Waals surface area contributed by atoms with Crippen molar-refractivity contribution in [2.45, 2.75) is 120 Å². The summed E-state index contributed by atoms with van der Waals surface area (Å²) < 4.78 is 36.8. The highest BCUT2D eigenvalue weighted by Crippen LogP contribution is 2.39. The number of halogens is 1. The second-order valence-electron chi connectivity index (χ2n) is 16.6. The normalized spacial score (nSPS) is 18.6. The molecule has 4 aromatic rings. The zero-order valence-corrected chi connectivity index (χ0v) is 35.2. The molecule has 1 aromatic carbocycles. The van der Waals surface area contributed by atoms with E-state index in [0.717, 1.165) is 39.0 Å². The van der Waals surface area contributed by atoms with Gasteiger partial charge in [-0.2, -0.15) is 5.10 Å². The van der Waals surface area contributed by atoms with Gasteiger partial charge in [-0.05, 0) is 109 Å². The summed E-state index contributed by atoms with van der Waals surface area (Å²) in [5.74, 6) is 0.693. The van der Waals surface area contributed by atoms with Crippen molar-refractivity contribution in [3.8, 4) is 17.1 Å². The fourth-order valence-electron chi connectivity index (χ4n) is 5.02. The van der Waals surface area contributed by atoms with Crippen LogP contribution in [0.3, 0.4) is 0 Å². The molecule has 1 aliphatic rings. The second-order valence-corrected chi connectivity index (χ2v) is 25.5. The second kappa shape index (κ2) is 13.3. The molecular formula is C36H51BIN5O4SSi. The van der Waals surface area contributed by atoms with Gasteiger partial charge in [-0.25, -0.2) is 14.6 Å². The Kier molecular flexibility index (Phi) is 10.4. The van der Waals surface area contributed by atoms with Crippen LogP contribution >= 0.6 is 22.6 Å². The maximum atomic E-state index is 13.1. The molecule has 0 aliphatic carbocycles. The lowest BCUT2D eigenvalue weighted by Crippen LogP contribution is -2.47. The van der Waals surface area contributed by atoms with E-state index in [9.17, 15) is 4.55 Å². The maximum Gasteiger partial charge on any atom is 0.495 e. The van der Waals surface area contributed by atoms with Crippen LogP contribution in [0.4, 0.5) is 0 Å². The molecule has 1 unspecified atom stereocenters. The third kappa shape index (κ3) is 7.98. The number of rotatable bonds is 9. The van der Waals surface area contributed by atoms with E-state index in [0.29, 0.717) is 12.4 Å². The molecule has 49 heavy (non-hydrogen) atoms. The van der Waals surface area contributed by atoms with Gasteiger partial charge in [0.15, 0.2) is 17.7 Å². The lowest BCUT2D eigenvalue weighted by atomic mass is 9.76. The van der Waals surface area contributed by atoms with Crippen molar-refractivity contribution < 1.29 is 18.3 Å². The van der Waals surface area contributed by atoms with Crippen LogP contribution in [0.25, 0.3) is 28.0 Å². The van der Waals surface area contributed by atoms with E-state index in [2.05, 4.69) is 101 Å². The highest BCUT2D eigenvalue weighted by atomic mass is 127. The summed E-state index contributed by atoms with van der Waals surface area (Å²) in [5.41, 5.74) is 3.94. The lowest BCUT2D eigenvalue weighted by Gasteiger charge is -2.36. The Labute approximate surface area is 310 Å². The van der Waals surface area contributed by atoms with Crippen LogP contribution in [0.1, 0.15) is 87.5 Å². The minimum atomic E-state index is -1.96. The molecule has 0 bridgehead atoms. The average Bonchev–Trinajstić information content (AvgIpc) is 3.51. The fraction of sp³-hybridized carbons (Fsp3) is 0.528. The molecule has 0 spiro atoms. The van der Waals surface area contributed by atoms with E-state index in [1.54, 1.807) is 0 Å². The molecule has 3 aromatic heterocycles. The predicted octanol–water partition coefficient (Wildman–Crippen LogP) is 7.96. The monoisotopic (exact) mass is 815 g/mol. The number of hydrogen-bond donors (Lipinski definition) is 1. The van der Waals surface area contributed by atoms with Crippen molar-refractivity contribution in [3.63, 3.8) is 0 Å². The Morgan fingerprint density at radius 2 is 1.59 bits per heavy atom. The van der Waals surface area contributed by atoms with Gasteiger partial charge >= 0.3 is 7.12 Å². The predicted molar refractivity (Wildman–Crippen MR) is 212 cm³/mol. The number of nitrogens with one attached hydrogen (secondary N) is 1. The molecular weight excluding hydrogens is 764 g/mol. The molecule has 1 fully saturated rings. The fourth-order valence-corrected chi connectivity index (χ4v) is 7.62. The summed E-state index contributed by atoms with van der Waals surface area (Å²) in [4.78, 5) is 10.1. The summed E-state index contributed by atoms with van der Waals surface area (Å²) >= 11 is 1.00. The average molecular weight is 816 g/mol. The maximum absolute atomic E-state index is 13.1. The first-order chi connectivity index (χ1) is 22.4. The molecule has 1 saturated heterocycles. The van der Waals surface area contributed by atoms with Crippen LogP contribution in [0.15, 0.2) is 54.7 Å². The summed E-state index contributed by atoms with van der Waals surface area (Å²) in [6, 6.07) is 16.1. The van der Waals surface area contributed by atoms with Crippen molar-refractivity contribution in [1.29, 1.82) is 0 Å². The van der Waals surface area contributed by atoms with Crippen molar-refractivity contribution in [1.82, 2.24) is 24.5 Å². The first-order valence-corrected chi connectivity index (χ1v) is 21.9. The highest BCUT2D eigenvalue weighted by molar-refractivity contribution is 14.1. The number of fused-ring (bicyclic) bond motifs is 1. The summed E-state index contributed by atoms with van der Waals surface area (Å²) in [7, 11) is -2.58. The van der Waals surface area contributed by atoms with Crippen molar-refractivity contribution in [2.24, 2.45) is 0 Å². The largest absolute Gasteiger partial charge is 0.598 e. The number of alkyl halides is 1. The Hall–Kier alpha value is -1.85. The van der Waals surface area contributed by atoms with E-state index in [1.165, 1.54) is 0 Å². The van der Waals surface area contributed by atoms with Crippen molar-refractivity contribution in [3.05, 3.63) is 66.1 Å². The quantitative estimate of drug-likeness (QED) is 0.0597. The van der Waals surface area contributed by atoms with Gasteiger partial charge in [-0.1, -0.05) is 61.6 Å². The smallest absolute Gasteiger partial charge is 0.495 e. The molecule has 4 heterocycles. The van der Waals surface area contributed by atoms with Gasteiger partial charge in [-0.3, -0.25) is 0 Å². The number of hydrogen-bond acceptors (Lipinski definition) is 8. The Balaban J connectivity index is 1.61. The molecule has 0 radical (unpaired) electrons. The molecule has 5 rings (SSSR count). The van der Waals surface area contributed by atoms with E-state index in [4.69, 9.17) is 28.8 Å². The van der Waals surface area contributed by atoms with Gasteiger partial charge in [0.25, 0.3) is 0 Å². The number of benzene rings is 1. The highest BCUT2D eigenvalue weighted by Gasteiger charge is 2.52. The summed E-state index contributed by atoms with van der Waals surface area (Å²) in [6.45, 7) is 27.7. The van der Waals surface area contributed by atoms with Crippen molar-refractivity contribution >= 4 is 65.8 Å². The minimum Gasteiger partial charge on any atom is -0.598 e. The minimum absolute atomic E-state index is 0.100. The number of nitrogens with zero attached hydrogens (tertiary/aromatic N) is 4. The van der Waals surface area contributed by atoms with Gasteiger partial charge in [0.1, 0.15) is 4.75 Å². The molecule has 0 amide bonds. The summed E-state index contributed by atoms with van der Waals surface area (Å²) in [6.07, 6.45) is 1.86. The van der Waals surface area contributed by atoms with Gasteiger partial charge < -0.3 is 18.3 Å². The first-order valence-electron chi connectivity index (χ1n) is 16.8. The molecule has 9 nitrogen and oxygen atoms in total. The van der Waals surface area contributed by atoms with Gasteiger partial charge in [0, 0.05) is 22.3 Å². The summed E-state index contributed by atoms with van der Waals surface area (Å²) in [5, 5.41) is 5.86. The van der Waals surface area contributed by atoms with Crippen LogP contribution < -0.4 is 10.2 Å². The Morgan fingerprint density at radius 3 is 2.20 bits per heavy atom. The third-order valence-corrected chi connectivity index (χ3v) is 17.4. The Morgan fingerprint density at radius 1 is 0.959 bits per heavy atom. The molecule has 13 heteroatoms. The van der Waals surface area contributed by atoms with E-state index in [-0.39, 0.29) is 5.04 Å². The molecule has 1 N–H and O–H groups in total. The standard InChI is InChI=1S/C36H51BIN5O4SSi/c1-32(2,3)48(44)42-36(11,38)30-18-15-17-28(41-30)24-20-27(37-46-34(7,8)35(9,10)47-37)26-22-39-43(29(26)21-24)31-19-14-16-25(40-31)23-45-49(12,13)33(4,5)6/h14-22,42H,23H2,1-13H3/t36?,48-/m1/s1. The van der Waals surface area contributed by atoms with Crippen LogP contribution in [0.5, 0.6) is 0 Å². The van der Waals surface area contributed by atoms with Gasteiger partial charge in [0.2, 0.25) is 0 Å². The molecule has 0 saturated carbocycles. The van der Waals surface area contributed by atoms with E-state index >= 15 is 0 Å². The van der Waals surface area contributed by atoms with Crippen LogP contribution in [-0.4, -0.2) is 55.7 Å². The van der Waals surface area contributed by atoms with Crippen molar-refractivity contribution in [2.75, 3.05) is 0 Å². The molecule has 264 valence electrons. The SMILES string of the molecule is CC(I)(N[S@+]([O-])C(C)(C)C)c1cccc(-c2cc(B3OC(C)(C)C(C)(C)O3)c3cnn(-c4cccc(CO[Si](C)(C)C(C)(C)C)n4)c3c2)n1. The molecule has 1 aliphatic heterocycles. The molecule has 2 atom stereocenters. The van der Waals surface area contributed by atoms with Crippen LogP contribution in [-0.2, 0) is 35.2 Å². The van der Waals surface area contributed by atoms with Gasteiger partial charge in [0.05, 0.1) is 46.6 Å². The van der Waals surface area contributed by atoms with E-state index in [1.807, 2.05) is 75.0 Å². The zero-order valence-electron chi connectivity index (χ0n) is 31.2. The van der Waals surface area contributed by atoms with Crippen LogP contribution in [0.2, 0.25) is 18.1 Å². The number of pyridine rings is 2. The van der Waals surface area contributed by atoms with E-state index < -0.39 is 46.3 Å². The Bertz CT molecular complexity index is 1820. The first kappa shape index (κ1) is 38.4. The van der Waals surface area contributed by atoms with Gasteiger partial charge in [-0.15, -0.1) is 4.72 Å². The lowest BCUT2D eigenvalue weighted by molar-refractivity contribution is 0.00578. The number of aromatic nitrogens is 4. The third-order valence-electron chi connectivity index (χ3n) is 9.99. The topological polar surface area (TPSA) is 106 Å². The van der Waals surface area contributed by atoms with Crippen LogP contribution in [0, 0.1) is 0 Å². The zero-order chi connectivity index (χ0) is 36.4.